The van der Waals surface area contributed by atoms with E-state index < -0.39 is 11.7 Å². The molecule has 1 aliphatic rings. The predicted molar refractivity (Wildman–Crippen MR) is 65.8 cm³/mol. The van der Waals surface area contributed by atoms with E-state index in [4.69, 9.17) is 9.47 Å². The Morgan fingerprint density at radius 1 is 1.56 bits per heavy atom. The van der Waals surface area contributed by atoms with Crippen LogP contribution < -0.4 is 10.1 Å². The highest BCUT2D eigenvalue weighted by atomic mass is 16.6. The molecule has 0 bridgehead atoms. The molecule has 6 heteroatoms. The summed E-state index contributed by atoms with van der Waals surface area (Å²) in [6.07, 6.45) is 3.60. The lowest BCUT2D eigenvalue weighted by molar-refractivity contribution is 0.0535. The zero-order valence-corrected chi connectivity index (χ0v) is 11.0. The summed E-state index contributed by atoms with van der Waals surface area (Å²) >= 11 is 0. The van der Waals surface area contributed by atoms with Crippen LogP contribution in [0.1, 0.15) is 27.2 Å². The van der Waals surface area contributed by atoms with Crippen molar-refractivity contribution in [3.8, 4) is 5.88 Å². The molecule has 0 spiro atoms. The van der Waals surface area contributed by atoms with Gasteiger partial charge >= 0.3 is 6.09 Å². The van der Waals surface area contributed by atoms with Crippen LogP contribution in [0.4, 0.5) is 4.79 Å². The maximum atomic E-state index is 11.7. The van der Waals surface area contributed by atoms with Gasteiger partial charge in [-0.15, -0.1) is 0 Å². The van der Waals surface area contributed by atoms with Gasteiger partial charge in [-0.2, -0.15) is 0 Å². The fraction of sp³-hybridized carbons (Fsp3) is 0.667. The second kappa shape index (κ2) is 4.97. The zero-order chi connectivity index (χ0) is 13.2. The predicted octanol–water partition coefficient (Wildman–Crippen LogP) is 1.41. The van der Waals surface area contributed by atoms with Crippen molar-refractivity contribution < 1.29 is 14.3 Å². The van der Waals surface area contributed by atoms with Gasteiger partial charge in [0.05, 0.1) is 6.20 Å². The summed E-state index contributed by atoms with van der Waals surface area (Å²) < 4.78 is 12.2. The molecule has 0 aromatic carbocycles. The molecule has 1 atom stereocenters. The number of imidazole rings is 1. The van der Waals surface area contributed by atoms with Crippen molar-refractivity contribution in [2.45, 2.75) is 38.9 Å². The molecule has 1 aromatic heterocycles. The highest BCUT2D eigenvalue weighted by Crippen LogP contribution is 2.14. The molecule has 6 nitrogen and oxygen atoms in total. The first-order valence-electron chi connectivity index (χ1n) is 6.09. The van der Waals surface area contributed by atoms with Crippen LogP contribution in [0.5, 0.6) is 5.88 Å². The van der Waals surface area contributed by atoms with Crippen LogP contribution >= 0.6 is 0 Å². The molecule has 0 saturated carbocycles. The summed E-state index contributed by atoms with van der Waals surface area (Å²) in [4.78, 5) is 15.8. The minimum Gasteiger partial charge on any atom is -0.472 e. The minimum atomic E-state index is -0.516. The summed E-state index contributed by atoms with van der Waals surface area (Å²) in [5, 5.41) is 3.20. The number of hydrogen-bond donors (Lipinski definition) is 1. The molecule has 2 rings (SSSR count). The lowest BCUT2D eigenvalue weighted by Gasteiger charge is -2.19. The van der Waals surface area contributed by atoms with E-state index in [0.29, 0.717) is 5.88 Å². The number of carbonyl (C=O) groups excluding carboxylic acids is 1. The van der Waals surface area contributed by atoms with Crippen LogP contribution in [0, 0.1) is 0 Å². The van der Waals surface area contributed by atoms with Gasteiger partial charge in [0.15, 0.2) is 0 Å². The molecule has 1 aromatic rings. The first-order chi connectivity index (χ1) is 8.44. The van der Waals surface area contributed by atoms with Gasteiger partial charge in [0, 0.05) is 6.54 Å². The molecular formula is C12H19N3O3. The Kier molecular flexibility index (Phi) is 3.56. The van der Waals surface area contributed by atoms with Crippen LogP contribution in [0.25, 0.3) is 0 Å². The number of carbonyl (C=O) groups is 1. The Morgan fingerprint density at radius 3 is 2.94 bits per heavy atom. The zero-order valence-electron chi connectivity index (χ0n) is 11.0. The smallest absolute Gasteiger partial charge is 0.419 e. The third kappa shape index (κ3) is 3.46. The normalized spacial score (nSPS) is 19.8. The van der Waals surface area contributed by atoms with Crippen LogP contribution in [-0.2, 0) is 4.74 Å². The quantitative estimate of drug-likeness (QED) is 0.863. The van der Waals surface area contributed by atoms with Crippen molar-refractivity contribution in [1.82, 2.24) is 14.9 Å². The maximum Gasteiger partial charge on any atom is 0.419 e. The number of rotatable bonds is 2. The number of nitrogens with zero attached hydrogens (tertiary/aromatic N) is 2. The van der Waals surface area contributed by atoms with Crippen LogP contribution in [-0.4, -0.2) is 40.4 Å². The second-order valence-electron chi connectivity index (χ2n) is 5.33. The van der Waals surface area contributed by atoms with E-state index in [1.807, 2.05) is 20.8 Å². The van der Waals surface area contributed by atoms with Crippen LogP contribution in [0.2, 0.25) is 0 Å². The molecule has 0 aliphatic carbocycles. The van der Waals surface area contributed by atoms with Gasteiger partial charge in [0.1, 0.15) is 18.0 Å². The van der Waals surface area contributed by atoms with Crippen molar-refractivity contribution in [1.29, 1.82) is 0 Å². The third-order valence-corrected chi connectivity index (χ3v) is 2.47. The van der Waals surface area contributed by atoms with E-state index in [1.165, 1.54) is 10.9 Å². The lowest BCUT2D eigenvalue weighted by Crippen LogP contribution is -2.26. The summed E-state index contributed by atoms with van der Waals surface area (Å²) in [6, 6.07) is 0. The van der Waals surface area contributed by atoms with Gasteiger partial charge in [-0.3, -0.25) is 0 Å². The number of hydrogen-bond acceptors (Lipinski definition) is 5. The van der Waals surface area contributed by atoms with E-state index in [9.17, 15) is 4.79 Å². The molecule has 1 fully saturated rings. The summed E-state index contributed by atoms with van der Waals surface area (Å²) in [5.74, 6) is 0.453. The molecule has 2 heterocycles. The molecular weight excluding hydrogens is 234 g/mol. The fourth-order valence-electron chi connectivity index (χ4n) is 1.68. The van der Waals surface area contributed by atoms with E-state index in [-0.39, 0.29) is 6.10 Å². The second-order valence-corrected chi connectivity index (χ2v) is 5.33. The largest absolute Gasteiger partial charge is 0.472 e. The highest BCUT2D eigenvalue weighted by molar-refractivity contribution is 5.70. The Bertz CT molecular complexity index is 416. The Hall–Kier alpha value is -1.56. The molecule has 1 N–H and O–H groups in total. The van der Waals surface area contributed by atoms with E-state index in [1.54, 1.807) is 6.20 Å². The monoisotopic (exact) mass is 253 g/mol. The van der Waals surface area contributed by atoms with Crippen molar-refractivity contribution in [3.63, 3.8) is 0 Å². The molecule has 18 heavy (non-hydrogen) atoms. The number of aromatic nitrogens is 2. The summed E-state index contributed by atoms with van der Waals surface area (Å²) in [7, 11) is 0. The Morgan fingerprint density at radius 2 is 2.33 bits per heavy atom. The first-order valence-corrected chi connectivity index (χ1v) is 6.09. The average molecular weight is 253 g/mol. The molecule has 1 aliphatic heterocycles. The van der Waals surface area contributed by atoms with Gasteiger partial charge < -0.3 is 14.8 Å². The first kappa shape index (κ1) is 12.9. The van der Waals surface area contributed by atoms with E-state index in [2.05, 4.69) is 10.3 Å². The lowest BCUT2D eigenvalue weighted by atomic mass is 10.2. The SMILES string of the molecule is CC(C)(C)OC(=O)n1cnc(OC2CCNC2)c1. The van der Waals surface area contributed by atoms with Crippen molar-refractivity contribution in [2.75, 3.05) is 13.1 Å². The third-order valence-electron chi connectivity index (χ3n) is 2.47. The Labute approximate surface area is 106 Å². The van der Waals surface area contributed by atoms with Gasteiger partial charge in [-0.1, -0.05) is 0 Å². The molecule has 100 valence electrons. The average Bonchev–Trinajstić information content (AvgIpc) is 2.86. The van der Waals surface area contributed by atoms with Gasteiger partial charge in [0.25, 0.3) is 0 Å². The minimum absolute atomic E-state index is 0.131. The summed E-state index contributed by atoms with van der Waals surface area (Å²) in [5.41, 5.74) is -0.516. The van der Waals surface area contributed by atoms with E-state index in [0.717, 1.165) is 19.5 Å². The number of ether oxygens (including phenoxy) is 2. The molecule has 0 radical (unpaired) electrons. The van der Waals surface area contributed by atoms with Gasteiger partial charge in [0.2, 0.25) is 5.88 Å². The molecule has 0 amide bonds. The van der Waals surface area contributed by atoms with E-state index >= 15 is 0 Å². The van der Waals surface area contributed by atoms with Crippen molar-refractivity contribution in [2.24, 2.45) is 0 Å². The van der Waals surface area contributed by atoms with Crippen molar-refractivity contribution >= 4 is 6.09 Å². The Balaban J connectivity index is 1.94. The molecule has 1 saturated heterocycles. The standard InChI is InChI=1S/C12H19N3O3/c1-12(2,3)18-11(16)15-7-10(14-8-15)17-9-4-5-13-6-9/h7-9,13H,4-6H2,1-3H3. The highest BCUT2D eigenvalue weighted by Gasteiger charge is 2.20. The maximum absolute atomic E-state index is 11.7. The molecule has 1 unspecified atom stereocenters. The van der Waals surface area contributed by atoms with Gasteiger partial charge in [-0.25, -0.2) is 14.3 Å². The topological polar surface area (TPSA) is 65.4 Å². The fourth-order valence-corrected chi connectivity index (χ4v) is 1.68. The van der Waals surface area contributed by atoms with Crippen LogP contribution in [0.15, 0.2) is 12.5 Å². The van der Waals surface area contributed by atoms with Gasteiger partial charge in [-0.05, 0) is 33.7 Å². The summed E-state index contributed by atoms with van der Waals surface area (Å²) in [6.45, 7) is 7.24. The van der Waals surface area contributed by atoms with Crippen LogP contribution in [0.3, 0.4) is 0 Å². The number of nitrogens with one attached hydrogen (secondary N) is 1. The van der Waals surface area contributed by atoms with Crippen molar-refractivity contribution in [3.05, 3.63) is 12.5 Å².